The van der Waals surface area contributed by atoms with Crippen LogP contribution in [0, 0.1) is 0 Å². The molecule has 2 aliphatic rings. The quantitative estimate of drug-likeness (QED) is 0.877. The fourth-order valence-electron chi connectivity index (χ4n) is 4.26. The minimum absolute atomic E-state index is 0.0767. The molecule has 6 heteroatoms. The predicted octanol–water partition coefficient (Wildman–Crippen LogP) is 2.61. The topological polar surface area (TPSA) is 69.8 Å². The number of likely N-dealkylation sites (tertiary alicyclic amines) is 1. The molecule has 4 rings (SSSR count). The van der Waals surface area contributed by atoms with Gasteiger partial charge in [-0.1, -0.05) is 29.4 Å². The second kappa shape index (κ2) is 8.23. The number of aliphatic hydroxyl groups is 1. The van der Waals surface area contributed by atoms with E-state index < -0.39 is 0 Å². The molecule has 3 heterocycles. The molecular weight excluding hydrogens is 342 g/mol. The fraction of sp³-hybridized carbons (Fsp3) is 0.524. The second-order valence-electron chi connectivity index (χ2n) is 7.57. The fourth-order valence-corrected chi connectivity index (χ4v) is 4.26. The van der Waals surface area contributed by atoms with Gasteiger partial charge in [0.15, 0.2) is 11.5 Å². The standard InChI is InChI=1S/C21H27N3O3/c25-12-9-18-7-3-4-10-24(18)21(26)20-13-19(27-22-20)15-23-11-8-16-5-1-2-6-17(16)14-23/h1-2,5-6,13,18,25H,3-4,7-12,14-15H2/t18-/m0/s1. The van der Waals surface area contributed by atoms with Gasteiger partial charge in [0.05, 0.1) is 6.54 Å². The highest BCUT2D eigenvalue weighted by Gasteiger charge is 2.29. The van der Waals surface area contributed by atoms with E-state index in [4.69, 9.17) is 4.52 Å². The molecule has 0 bridgehead atoms. The van der Waals surface area contributed by atoms with Crippen LogP contribution in [-0.2, 0) is 19.5 Å². The zero-order valence-electron chi connectivity index (χ0n) is 15.6. The number of fused-ring (bicyclic) bond motifs is 1. The summed E-state index contributed by atoms with van der Waals surface area (Å²) in [6, 6.07) is 10.4. The zero-order valence-corrected chi connectivity index (χ0v) is 15.6. The highest BCUT2D eigenvalue weighted by Crippen LogP contribution is 2.23. The SMILES string of the molecule is O=C(c1cc(CN2CCc3ccccc3C2)on1)N1CCCC[C@H]1CCO. The first-order valence-electron chi connectivity index (χ1n) is 9.91. The predicted molar refractivity (Wildman–Crippen MR) is 101 cm³/mol. The van der Waals surface area contributed by atoms with Crippen molar-refractivity contribution in [3.05, 3.63) is 52.9 Å². The largest absolute Gasteiger partial charge is 0.396 e. The van der Waals surface area contributed by atoms with E-state index >= 15 is 0 Å². The zero-order chi connectivity index (χ0) is 18.6. The molecule has 0 aliphatic carbocycles. The number of piperidine rings is 1. The van der Waals surface area contributed by atoms with Crippen LogP contribution >= 0.6 is 0 Å². The first-order chi connectivity index (χ1) is 13.2. The average Bonchev–Trinajstić information content (AvgIpc) is 3.16. The Morgan fingerprint density at radius 1 is 1.22 bits per heavy atom. The Hall–Kier alpha value is -2.18. The number of aromatic nitrogens is 1. The molecule has 1 atom stereocenters. The number of nitrogens with zero attached hydrogens (tertiary/aromatic N) is 3. The molecule has 0 saturated carbocycles. The minimum Gasteiger partial charge on any atom is -0.396 e. The summed E-state index contributed by atoms with van der Waals surface area (Å²) in [7, 11) is 0. The van der Waals surface area contributed by atoms with Crippen molar-refractivity contribution in [3.8, 4) is 0 Å². The number of amides is 1. The van der Waals surface area contributed by atoms with Crippen LogP contribution in [0.1, 0.15) is 53.1 Å². The molecule has 27 heavy (non-hydrogen) atoms. The third kappa shape index (κ3) is 4.06. The van der Waals surface area contributed by atoms with E-state index in [1.54, 1.807) is 6.07 Å². The van der Waals surface area contributed by atoms with Gasteiger partial charge in [-0.2, -0.15) is 0 Å². The highest BCUT2D eigenvalue weighted by atomic mass is 16.5. The van der Waals surface area contributed by atoms with Gasteiger partial charge in [-0.15, -0.1) is 0 Å². The molecule has 2 aliphatic heterocycles. The summed E-state index contributed by atoms with van der Waals surface area (Å²) in [5, 5.41) is 13.3. The summed E-state index contributed by atoms with van der Waals surface area (Å²) >= 11 is 0. The smallest absolute Gasteiger partial charge is 0.276 e. The Labute approximate surface area is 159 Å². The van der Waals surface area contributed by atoms with Crippen molar-refractivity contribution in [3.63, 3.8) is 0 Å². The van der Waals surface area contributed by atoms with E-state index in [0.717, 1.165) is 51.1 Å². The van der Waals surface area contributed by atoms with Crippen molar-refractivity contribution < 1.29 is 14.4 Å². The van der Waals surface area contributed by atoms with Gasteiger partial charge in [-0.3, -0.25) is 9.69 Å². The summed E-state index contributed by atoms with van der Waals surface area (Å²) in [5.41, 5.74) is 3.16. The Balaban J connectivity index is 1.40. The van der Waals surface area contributed by atoms with Gasteiger partial charge in [0.1, 0.15) is 0 Å². The van der Waals surface area contributed by atoms with Gasteiger partial charge in [-0.25, -0.2) is 0 Å². The van der Waals surface area contributed by atoms with Crippen LogP contribution in [-0.4, -0.2) is 51.7 Å². The van der Waals surface area contributed by atoms with Crippen molar-refractivity contribution in [1.29, 1.82) is 0 Å². The number of carbonyl (C=O) groups excluding carboxylic acids is 1. The number of hydrogen-bond donors (Lipinski definition) is 1. The maximum Gasteiger partial charge on any atom is 0.276 e. The molecule has 0 unspecified atom stereocenters. The number of carbonyl (C=O) groups is 1. The lowest BCUT2D eigenvalue weighted by Gasteiger charge is -2.35. The molecule has 1 saturated heterocycles. The Morgan fingerprint density at radius 2 is 2.07 bits per heavy atom. The molecule has 1 aromatic heterocycles. The van der Waals surface area contributed by atoms with Gasteiger partial charge in [0.2, 0.25) is 0 Å². The van der Waals surface area contributed by atoms with Crippen LogP contribution in [0.15, 0.2) is 34.9 Å². The average molecular weight is 369 g/mol. The van der Waals surface area contributed by atoms with Crippen LogP contribution in [0.3, 0.4) is 0 Å². The molecule has 1 amide bonds. The van der Waals surface area contributed by atoms with E-state index in [9.17, 15) is 9.90 Å². The Morgan fingerprint density at radius 3 is 2.93 bits per heavy atom. The summed E-state index contributed by atoms with van der Waals surface area (Å²) in [5.74, 6) is 0.653. The van der Waals surface area contributed by atoms with Crippen LogP contribution in [0.25, 0.3) is 0 Å². The van der Waals surface area contributed by atoms with Crippen LogP contribution < -0.4 is 0 Å². The van der Waals surface area contributed by atoms with Gasteiger partial charge in [0, 0.05) is 38.3 Å². The maximum atomic E-state index is 12.9. The third-order valence-electron chi connectivity index (χ3n) is 5.72. The lowest BCUT2D eigenvalue weighted by atomic mass is 9.99. The number of rotatable bonds is 5. The summed E-state index contributed by atoms with van der Waals surface area (Å²) in [4.78, 5) is 17.0. The van der Waals surface area contributed by atoms with E-state index in [1.165, 1.54) is 11.1 Å². The minimum atomic E-state index is -0.0767. The number of aliphatic hydroxyl groups excluding tert-OH is 1. The van der Waals surface area contributed by atoms with Crippen molar-refractivity contribution >= 4 is 5.91 Å². The van der Waals surface area contributed by atoms with Gasteiger partial charge in [0.25, 0.3) is 5.91 Å². The second-order valence-corrected chi connectivity index (χ2v) is 7.57. The first-order valence-corrected chi connectivity index (χ1v) is 9.91. The van der Waals surface area contributed by atoms with E-state index in [1.807, 2.05) is 4.90 Å². The van der Waals surface area contributed by atoms with Crippen molar-refractivity contribution in [2.45, 2.75) is 51.2 Å². The van der Waals surface area contributed by atoms with E-state index in [2.05, 4.69) is 34.3 Å². The molecule has 1 fully saturated rings. The summed E-state index contributed by atoms with van der Waals surface area (Å²) < 4.78 is 5.47. The number of benzene rings is 1. The Kier molecular flexibility index (Phi) is 5.55. The molecule has 0 radical (unpaired) electrons. The highest BCUT2D eigenvalue weighted by molar-refractivity contribution is 5.92. The lowest BCUT2D eigenvalue weighted by molar-refractivity contribution is 0.0564. The van der Waals surface area contributed by atoms with Crippen molar-refractivity contribution in [2.75, 3.05) is 19.7 Å². The van der Waals surface area contributed by atoms with Crippen LogP contribution in [0.5, 0.6) is 0 Å². The maximum absolute atomic E-state index is 12.9. The molecule has 0 spiro atoms. The molecule has 2 aromatic rings. The van der Waals surface area contributed by atoms with Gasteiger partial charge in [-0.05, 0) is 43.2 Å². The third-order valence-corrected chi connectivity index (χ3v) is 5.72. The lowest BCUT2D eigenvalue weighted by Crippen LogP contribution is -2.44. The first kappa shape index (κ1) is 18.2. The van der Waals surface area contributed by atoms with Gasteiger partial charge < -0.3 is 14.5 Å². The molecule has 144 valence electrons. The van der Waals surface area contributed by atoms with E-state index in [-0.39, 0.29) is 18.6 Å². The number of hydrogen-bond acceptors (Lipinski definition) is 5. The molecular formula is C21H27N3O3. The van der Waals surface area contributed by atoms with E-state index in [0.29, 0.717) is 18.7 Å². The van der Waals surface area contributed by atoms with Crippen molar-refractivity contribution in [2.24, 2.45) is 0 Å². The molecule has 6 nitrogen and oxygen atoms in total. The van der Waals surface area contributed by atoms with Crippen LogP contribution in [0.4, 0.5) is 0 Å². The van der Waals surface area contributed by atoms with Gasteiger partial charge >= 0.3 is 0 Å². The normalized spacial score (nSPS) is 20.5. The summed E-state index contributed by atoms with van der Waals surface area (Å²) in [6.07, 6.45) is 4.72. The van der Waals surface area contributed by atoms with Crippen molar-refractivity contribution in [1.82, 2.24) is 15.0 Å². The molecule has 1 N–H and O–H groups in total. The Bertz CT molecular complexity index is 786. The summed E-state index contributed by atoms with van der Waals surface area (Å²) in [6.45, 7) is 3.37. The van der Waals surface area contributed by atoms with Crippen LogP contribution in [0.2, 0.25) is 0 Å². The molecule has 1 aromatic carbocycles. The monoisotopic (exact) mass is 369 g/mol.